The monoisotopic (exact) mass is 459 g/mol. The third-order valence-electron chi connectivity index (χ3n) is 8.14. The van der Waals surface area contributed by atoms with Crippen LogP contribution in [-0.4, -0.2) is 32.4 Å². The van der Waals surface area contributed by atoms with E-state index in [2.05, 4.69) is 64.0 Å². The summed E-state index contributed by atoms with van der Waals surface area (Å²) in [6.45, 7) is 4.35. The minimum atomic E-state index is 0.558. The van der Waals surface area contributed by atoms with Crippen molar-refractivity contribution in [2.45, 2.75) is 39.0 Å². The fraction of sp³-hybridized carbons (Fsp3) is 0.300. The smallest absolute Gasteiger partial charge is 0.137 e. The average molecular weight is 460 g/mol. The molecule has 0 atom stereocenters. The summed E-state index contributed by atoms with van der Waals surface area (Å²) in [6, 6.07) is 19.2. The second kappa shape index (κ2) is 7.91. The number of hydrogen-bond donors (Lipinski definition) is 0. The van der Waals surface area contributed by atoms with Crippen molar-refractivity contribution in [1.29, 1.82) is 0 Å². The van der Waals surface area contributed by atoms with E-state index in [0.29, 0.717) is 5.41 Å². The predicted molar refractivity (Wildman–Crippen MR) is 142 cm³/mol. The molecule has 5 heterocycles. The van der Waals surface area contributed by atoms with Gasteiger partial charge in [0.05, 0.1) is 17.4 Å². The van der Waals surface area contributed by atoms with Gasteiger partial charge in [-0.3, -0.25) is 9.38 Å². The summed E-state index contributed by atoms with van der Waals surface area (Å²) >= 11 is 0. The van der Waals surface area contributed by atoms with Crippen LogP contribution in [0.5, 0.6) is 0 Å². The molecule has 4 aromatic heterocycles. The van der Waals surface area contributed by atoms with Gasteiger partial charge >= 0.3 is 0 Å². The second-order valence-corrected chi connectivity index (χ2v) is 10.4. The van der Waals surface area contributed by atoms with E-state index in [9.17, 15) is 0 Å². The van der Waals surface area contributed by atoms with Crippen LogP contribution in [-0.2, 0) is 0 Å². The third kappa shape index (κ3) is 3.49. The molecule has 1 aliphatic carbocycles. The Morgan fingerprint density at radius 1 is 0.857 bits per heavy atom. The van der Waals surface area contributed by atoms with Crippen molar-refractivity contribution in [2.75, 3.05) is 18.0 Å². The predicted octanol–water partition coefficient (Wildman–Crippen LogP) is 6.69. The van der Waals surface area contributed by atoms with Crippen LogP contribution in [0, 0.1) is 12.3 Å². The summed E-state index contributed by atoms with van der Waals surface area (Å²) in [7, 11) is 0. The molecule has 2 aliphatic rings. The maximum absolute atomic E-state index is 4.86. The Labute approximate surface area is 205 Å². The van der Waals surface area contributed by atoms with Gasteiger partial charge in [-0.2, -0.15) is 0 Å². The van der Waals surface area contributed by atoms with E-state index in [0.717, 1.165) is 57.0 Å². The molecule has 174 valence electrons. The number of fused-ring (bicyclic) bond motifs is 2. The number of rotatable bonds is 3. The Balaban J connectivity index is 1.20. The largest absolute Gasteiger partial charge is 0.356 e. The molecular formula is C30H29N5. The van der Waals surface area contributed by atoms with Crippen LogP contribution in [0.4, 0.5) is 5.82 Å². The van der Waals surface area contributed by atoms with Gasteiger partial charge in [-0.1, -0.05) is 31.0 Å². The first-order valence-electron chi connectivity index (χ1n) is 12.7. The van der Waals surface area contributed by atoms with E-state index in [1.165, 1.54) is 38.6 Å². The van der Waals surface area contributed by atoms with E-state index >= 15 is 0 Å². The van der Waals surface area contributed by atoms with Gasteiger partial charge in [0, 0.05) is 47.7 Å². The van der Waals surface area contributed by atoms with Crippen LogP contribution in [0.3, 0.4) is 0 Å². The molecule has 1 saturated heterocycles. The highest BCUT2D eigenvalue weighted by Crippen LogP contribution is 2.46. The Morgan fingerprint density at radius 3 is 2.60 bits per heavy atom. The van der Waals surface area contributed by atoms with Crippen molar-refractivity contribution >= 4 is 22.4 Å². The highest BCUT2D eigenvalue weighted by atomic mass is 15.2. The molecule has 35 heavy (non-hydrogen) atoms. The van der Waals surface area contributed by atoms with Crippen LogP contribution in [0.25, 0.3) is 38.9 Å². The molecule has 0 unspecified atom stereocenters. The molecular weight excluding hydrogens is 430 g/mol. The zero-order valence-electron chi connectivity index (χ0n) is 20.1. The van der Waals surface area contributed by atoms with E-state index in [4.69, 9.17) is 15.0 Å². The molecule has 1 spiro atoms. The standard InChI is InChI=1S/C30H29N5/c1-21-16-25(24-6-2-3-7-26(24)33-21)27-19-32-29-17-22(10-14-35(27)29)23-8-9-28(31-18-23)34-15-13-30(20-34)11-4-5-12-30/h2-3,6-10,14,16-19H,4-5,11-13,15,20H2,1H3. The minimum absolute atomic E-state index is 0.558. The van der Waals surface area contributed by atoms with E-state index in [1.54, 1.807) is 0 Å². The number of para-hydroxylation sites is 1. The first kappa shape index (κ1) is 20.6. The topological polar surface area (TPSA) is 46.3 Å². The summed E-state index contributed by atoms with van der Waals surface area (Å²) in [5.74, 6) is 1.11. The minimum Gasteiger partial charge on any atom is -0.356 e. The molecule has 0 bridgehead atoms. The summed E-state index contributed by atoms with van der Waals surface area (Å²) in [4.78, 5) is 16.8. The van der Waals surface area contributed by atoms with E-state index < -0.39 is 0 Å². The molecule has 7 rings (SSSR count). The van der Waals surface area contributed by atoms with E-state index in [-0.39, 0.29) is 0 Å². The molecule has 1 aromatic carbocycles. The lowest BCUT2D eigenvalue weighted by molar-refractivity contribution is 0.340. The SMILES string of the molecule is Cc1cc(-c2cnc3cc(-c4ccc(N5CCC6(CCCC6)C5)nc4)ccn23)c2ccccc2n1. The number of pyridine rings is 3. The van der Waals surface area contributed by atoms with Crippen molar-refractivity contribution in [3.05, 3.63) is 78.9 Å². The van der Waals surface area contributed by atoms with Crippen LogP contribution >= 0.6 is 0 Å². The van der Waals surface area contributed by atoms with Gasteiger partial charge in [-0.25, -0.2) is 9.97 Å². The number of anilines is 1. The molecule has 1 saturated carbocycles. The summed E-state index contributed by atoms with van der Waals surface area (Å²) in [6.07, 6.45) is 13.0. The zero-order chi connectivity index (χ0) is 23.4. The number of aryl methyl sites for hydroxylation is 1. The van der Waals surface area contributed by atoms with Gasteiger partial charge in [0.2, 0.25) is 0 Å². The Bertz CT molecular complexity index is 1540. The third-order valence-corrected chi connectivity index (χ3v) is 8.14. The van der Waals surface area contributed by atoms with E-state index in [1.807, 2.05) is 25.4 Å². The van der Waals surface area contributed by atoms with Crippen LogP contribution in [0.2, 0.25) is 0 Å². The fourth-order valence-electron chi connectivity index (χ4n) is 6.29. The van der Waals surface area contributed by atoms with Gasteiger partial charge in [0.15, 0.2) is 0 Å². The lowest BCUT2D eigenvalue weighted by Crippen LogP contribution is -2.25. The number of hydrogen-bond acceptors (Lipinski definition) is 4. The second-order valence-electron chi connectivity index (χ2n) is 10.4. The molecule has 5 heteroatoms. The highest BCUT2D eigenvalue weighted by molar-refractivity contribution is 5.94. The van der Waals surface area contributed by atoms with Crippen LogP contribution < -0.4 is 4.90 Å². The van der Waals surface area contributed by atoms with Gasteiger partial charge in [-0.05, 0) is 73.6 Å². The lowest BCUT2D eigenvalue weighted by Gasteiger charge is -2.24. The number of aromatic nitrogens is 4. The van der Waals surface area contributed by atoms with Crippen molar-refractivity contribution in [2.24, 2.45) is 5.41 Å². The summed E-state index contributed by atoms with van der Waals surface area (Å²) in [5, 5.41) is 1.14. The van der Waals surface area contributed by atoms with Crippen LogP contribution in [0.15, 0.2) is 73.2 Å². The molecule has 5 nitrogen and oxygen atoms in total. The van der Waals surface area contributed by atoms with Crippen LogP contribution in [0.1, 0.15) is 37.8 Å². The molecule has 2 fully saturated rings. The normalized spacial score (nSPS) is 17.2. The first-order chi connectivity index (χ1) is 17.2. The maximum atomic E-state index is 4.86. The first-order valence-corrected chi connectivity index (χ1v) is 12.7. The molecule has 5 aromatic rings. The van der Waals surface area contributed by atoms with Crippen molar-refractivity contribution in [3.63, 3.8) is 0 Å². The molecule has 0 N–H and O–H groups in total. The maximum Gasteiger partial charge on any atom is 0.137 e. The van der Waals surface area contributed by atoms with Gasteiger partial charge in [0.1, 0.15) is 11.5 Å². The summed E-state index contributed by atoms with van der Waals surface area (Å²) in [5.41, 5.74) is 8.01. The summed E-state index contributed by atoms with van der Waals surface area (Å²) < 4.78 is 2.16. The fourth-order valence-corrected chi connectivity index (χ4v) is 6.29. The quantitative estimate of drug-likeness (QED) is 0.301. The van der Waals surface area contributed by atoms with Gasteiger partial charge in [0.25, 0.3) is 0 Å². The molecule has 0 amide bonds. The van der Waals surface area contributed by atoms with Crippen molar-refractivity contribution in [1.82, 2.24) is 19.4 Å². The Morgan fingerprint density at radius 2 is 1.74 bits per heavy atom. The zero-order valence-corrected chi connectivity index (χ0v) is 20.1. The van der Waals surface area contributed by atoms with Gasteiger partial charge in [-0.15, -0.1) is 0 Å². The average Bonchev–Trinajstić information content (AvgIpc) is 3.64. The number of benzene rings is 1. The highest BCUT2D eigenvalue weighted by Gasteiger charge is 2.40. The van der Waals surface area contributed by atoms with Crippen molar-refractivity contribution < 1.29 is 0 Å². The Kier molecular flexibility index (Phi) is 4.66. The van der Waals surface area contributed by atoms with Gasteiger partial charge < -0.3 is 4.90 Å². The lowest BCUT2D eigenvalue weighted by atomic mass is 9.86. The number of nitrogens with zero attached hydrogens (tertiary/aromatic N) is 5. The van der Waals surface area contributed by atoms with Crippen molar-refractivity contribution in [3.8, 4) is 22.4 Å². The molecule has 0 radical (unpaired) electrons. The number of imidazole rings is 1. The Hall–Kier alpha value is -3.73. The molecule has 1 aliphatic heterocycles.